The van der Waals surface area contributed by atoms with Gasteiger partial charge in [0, 0.05) is 47.4 Å². The number of pyridine rings is 1. The molecule has 0 radical (unpaired) electrons. The molecule has 0 spiro atoms. The summed E-state index contributed by atoms with van der Waals surface area (Å²) in [7, 11) is 1.98. The molecule has 1 aliphatic rings. The van der Waals surface area contributed by atoms with E-state index in [1.807, 2.05) is 51.2 Å². The summed E-state index contributed by atoms with van der Waals surface area (Å²) in [4.78, 5) is 7.79. The molecule has 29 heavy (non-hydrogen) atoms. The lowest BCUT2D eigenvalue weighted by atomic mass is 9.94. The molecule has 3 rings (SSSR count). The van der Waals surface area contributed by atoms with Crippen molar-refractivity contribution in [1.29, 1.82) is 0 Å². The first-order valence-electron chi connectivity index (χ1n) is 9.27. The summed E-state index contributed by atoms with van der Waals surface area (Å²) in [6.07, 6.45) is 0.710. The molecule has 0 fully saturated rings. The third kappa shape index (κ3) is 4.29. The lowest BCUT2D eigenvalue weighted by Crippen LogP contribution is -2.25. The highest BCUT2D eigenvalue weighted by Gasteiger charge is 2.32. The summed E-state index contributed by atoms with van der Waals surface area (Å²) >= 11 is 6.52. The molecular formula is C21H23ClF3N3O. The minimum atomic E-state index is -4.49. The van der Waals surface area contributed by atoms with Gasteiger partial charge in [0.1, 0.15) is 11.4 Å². The van der Waals surface area contributed by atoms with Crippen LogP contribution in [0.1, 0.15) is 36.7 Å². The highest BCUT2D eigenvalue weighted by molar-refractivity contribution is 6.32. The van der Waals surface area contributed by atoms with Crippen molar-refractivity contribution >= 4 is 11.6 Å². The summed E-state index contributed by atoms with van der Waals surface area (Å²) in [6, 6.07) is 4.22. The molecule has 1 aromatic carbocycles. The van der Waals surface area contributed by atoms with Gasteiger partial charge in [-0.2, -0.15) is 13.2 Å². The van der Waals surface area contributed by atoms with E-state index in [1.165, 1.54) is 12.3 Å². The Morgan fingerprint density at radius 1 is 1.28 bits per heavy atom. The summed E-state index contributed by atoms with van der Waals surface area (Å²) in [5.74, 6) is 0.617. The van der Waals surface area contributed by atoms with E-state index in [2.05, 4.69) is 9.88 Å². The number of nitrogens with zero attached hydrogens (tertiary/aromatic N) is 3. The van der Waals surface area contributed by atoms with Gasteiger partial charge >= 0.3 is 6.18 Å². The second-order valence-electron chi connectivity index (χ2n) is 7.03. The Labute approximate surface area is 173 Å². The summed E-state index contributed by atoms with van der Waals surface area (Å²) in [5.41, 5.74) is 1.87. The maximum absolute atomic E-state index is 12.9. The molecule has 1 atom stereocenters. The maximum atomic E-state index is 12.9. The van der Waals surface area contributed by atoms with E-state index >= 15 is 0 Å². The molecule has 156 valence electrons. The molecule has 0 amide bonds. The molecule has 2 aromatic rings. The normalized spacial score (nSPS) is 15.2. The molecule has 0 saturated carbocycles. The van der Waals surface area contributed by atoms with E-state index in [0.29, 0.717) is 28.5 Å². The van der Waals surface area contributed by atoms with Crippen LogP contribution in [-0.4, -0.2) is 35.1 Å². The molecule has 2 heterocycles. The Kier molecular flexibility index (Phi) is 5.98. The third-order valence-corrected chi connectivity index (χ3v) is 5.38. The fourth-order valence-electron chi connectivity index (χ4n) is 3.39. The van der Waals surface area contributed by atoms with E-state index < -0.39 is 11.9 Å². The van der Waals surface area contributed by atoms with Gasteiger partial charge in [0.15, 0.2) is 0 Å². The zero-order chi connectivity index (χ0) is 21.3. The molecule has 1 aliphatic heterocycles. The number of benzene rings is 1. The first kappa shape index (κ1) is 21.3. The predicted molar refractivity (Wildman–Crippen MR) is 108 cm³/mol. The van der Waals surface area contributed by atoms with E-state index in [4.69, 9.17) is 16.3 Å². The Bertz CT molecular complexity index is 913. The number of aromatic nitrogens is 1. The molecule has 1 aromatic heterocycles. The van der Waals surface area contributed by atoms with Crippen LogP contribution in [0.3, 0.4) is 0 Å². The monoisotopic (exact) mass is 425 g/mol. The van der Waals surface area contributed by atoms with Crippen molar-refractivity contribution in [3.63, 3.8) is 0 Å². The van der Waals surface area contributed by atoms with Crippen LogP contribution < -0.4 is 4.74 Å². The molecule has 0 bridgehead atoms. The SMILES string of the molecule is CCOc1c(C(C)N2C=CN(C)C2)cc(Cl)c(C)c1-c1ccc(C(F)(F)F)nc1. The Morgan fingerprint density at radius 3 is 2.52 bits per heavy atom. The van der Waals surface area contributed by atoms with Crippen molar-refractivity contribution in [2.24, 2.45) is 0 Å². The molecule has 0 N–H and O–H groups in total. The number of hydrogen-bond acceptors (Lipinski definition) is 4. The Hall–Kier alpha value is -2.41. The van der Waals surface area contributed by atoms with Crippen LogP contribution in [0.5, 0.6) is 5.75 Å². The quantitative estimate of drug-likeness (QED) is 0.599. The summed E-state index contributed by atoms with van der Waals surface area (Å²) in [5, 5.41) is 0.529. The third-order valence-electron chi connectivity index (χ3n) is 4.98. The van der Waals surface area contributed by atoms with Crippen molar-refractivity contribution in [2.75, 3.05) is 20.3 Å². The lowest BCUT2D eigenvalue weighted by molar-refractivity contribution is -0.141. The van der Waals surface area contributed by atoms with Crippen LogP contribution in [0.4, 0.5) is 13.2 Å². The minimum absolute atomic E-state index is 0.0444. The fourth-order valence-corrected chi connectivity index (χ4v) is 3.61. The van der Waals surface area contributed by atoms with Gasteiger partial charge in [-0.05, 0) is 38.5 Å². The minimum Gasteiger partial charge on any atom is -0.493 e. The summed E-state index contributed by atoms with van der Waals surface area (Å²) in [6.45, 7) is 6.88. The van der Waals surface area contributed by atoms with Crippen LogP contribution in [0.2, 0.25) is 5.02 Å². The Morgan fingerprint density at radius 2 is 2.00 bits per heavy atom. The van der Waals surface area contributed by atoms with E-state index in [0.717, 1.165) is 23.9 Å². The maximum Gasteiger partial charge on any atom is 0.433 e. The van der Waals surface area contributed by atoms with Crippen molar-refractivity contribution in [2.45, 2.75) is 33.0 Å². The van der Waals surface area contributed by atoms with Crippen molar-refractivity contribution < 1.29 is 17.9 Å². The number of rotatable bonds is 5. The highest BCUT2D eigenvalue weighted by atomic mass is 35.5. The van der Waals surface area contributed by atoms with Crippen LogP contribution in [0.25, 0.3) is 11.1 Å². The molecule has 0 aliphatic carbocycles. The van der Waals surface area contributed by atoms with Gasteiger partial charge < -0.3 is 14.5 Å². The molecule has 8 heteroatoms. The molecule has 4 nitrogen and oxygen atoms in total. The van der Waals surface area contributed by atoms with Gasteiger partial charge in [-0.15, -0.1) is 0 Å². The first-order valence-corrected chi connectivity index (χ1v) is 9.65. The highest BCUT2D eigenvalue weighted by Crippen LogP contribution is 2.44. The number of ether oxygens (including phenoxy) is 1. The largest absolute Gasteiger partial charge is 0.493 e. The number of halogens is 4. The average Bonchev–Trinajstić information content (AvgIpc) is 3.10. The van der Waals surface area contributed by atoms with E-state index in [9.17, 15) is 13.2 Å². The Balaban J connectivity index is 2.13. The van der Waals surface area contributed by atoms with Crippen LogP contribution in [0.15, 0.2) is 36.8 Å². The fraction of sp³-hybridized carbons (Fsp3) is 0.381. The number of alkyl halides is 3. The summed E-state index contributed by atoms with van der Waals surface area (Å²) < 4.78 is 44.7. The van der Waals surface area contributed by atoms with Gasteiger partial charge in [-0.1, -0.05) is 17.7 Å². The standard InChI is InChI=1S/C21H23ClF3N3O/c1-5-29-20-16(14(3)28-9-8-27(4)12-28)10-17(22)13(2)19(20)15-6-7-18(26-11-15)21(23,24)25/h6-11,14H,5,12H2,1-4H3. The average molecular weight is 426 g/mol. The van der Waals surface area contributed by atoms with E-state index in [-0.39, 0.29) is 6.04 Å². The molecule has 0 saturated heterocycles. The second-order valence-corrected chi connectivity index (χ2v) is 7.43. The smallest absolute Gasteiger partial charge is 0.433 e. The zero-order valence-electron chi connectivity index (χ0n) is 16.7. The van der Waals surface area contributed by atoms with Gasteiger partial charge in [0.2, 0.25) is 0 Å². The van der Waals surface area contributed by atoms with Crippen molar-refractivity contribution in [3.05, 3.63) is 58.6 Å². The molecular weight excluding hydrogens is 403 g/mol. The lowest BCUT2D eigenvalue weighted by Gasteiger charge is -2.29. The van der Waals surface area contributed by atoms with Crippen LogP contribution in [0, 0.1) is 6.92 Å². The van der Waals surface area contributed by atoms with Crippen molar-refractivity contribution in [1.82, 2.24) is 14.8 Å². The van der Waals surface area contributed by atoms with Gasteiger partial charge in [-0.25, -0.2) is 0 Å². The van der Waals surface area contributed by atoms with Crippen LogP contribution in [-0.2, 0) is 6.18 Å². The van der Waals surface area contributed by atoms with Crippen molar-refractivity contribution in [3.8, 4) is 16.9 Å². The van der Waals surface area contributed by atoms with Crippen LogP contribution >= 0.6 is 11.6 Å². The topological polar surface area (TPSA) is 28.6 Å². The predicted octanol–water partition coefficient (Wildman–Crippen LogP) is 5.87. The van der Waals surface area contributed by atoms with Gasteiger partial charge in [0.05, 0.1) is 19.3 Å². The molecule has 1 unspecified atom stereocenters. The zero-order valence-corrected chi connectivity index (χ0v) is 17.5. The first-order chi connectivity index (χ1) is 13.6. The number of hydrogen-bond donors (Lipinski definition) is 0. The van der Waals surface area contributed by atoms with E-state index in [1.54, 1.807) is 0 Å². The second kappa shape index (κ2) is 8.14. The van der Waals surface area contributed by atoms with Gasteiger partial charge in [-0.3, -0.25) is 4.98 Å². The van der Waals surface area contributed by atoms with Gasteiger partial charge in [0.25, 0.3) is 0 Å².